The number of ether oxygens (including phenoxy) is 2. The van der Waals surface area contributed by atoms with Crippen LogP contribution < -0.4 is 9.64 Å². The second kappa shape index (κ2) is 16.9. The van der Waals surface area contributed by atoms with E-state index in [0.29, 0.717) is 0 Å². The number of benzene rings is 5. The molecule has 5 aromatic carbocycles. The van der Waals surface area contributed by atoms with Crippen molar-refractivity contribution >= 4 is 29.5 Å². The topological polar surface area (TPSA) is 59.1 Å². The predicted molar refractivity (Wildman–Crippen MR) is 189 cm³/mol. The molecule has 5 rings (SSSR count). The molecule has 0 atom stereocenters. The lowest BCUT2D eigenvalue weighted by Gasteiger charge is -2.27. The first-order chi connectivity index (χ1) is 24.8. The highest BCUT2D eigenvalue weighted by Crippen LogP contribution is 2.33. The van der Waals surface area contributed by atoms with E-state index in [2.05, 4.69) is 0 Å². The lowest BCUT2D eigenvalue weighted by Crippen LogP contribution is -2.37. The maximum atomic E-state index is 15.0. The molecule has 0 aromatic heterocycles. The summed E-state index contributed by atoms with van der Waals surface area (Å²) >= 11 is 1.27. The van der Waals surface area contributed by atoms with E-state index < -0.39 is 53.1 Å². The van der Waals surface area contributed by atoms with Gasteiger partial charge in [-0.3, -0.25) is 4.79 Å². The Morgan fingerprint density at radius 2 is 1.23 bits per heavy atom. The summed E-state index contributed by atoms with van der Waals surface area (Å²) in [5.41, 5.74) is 3.22. The van der Waals surface area contributed by atoms with Gasteiger partial charge in [0, 0.05) is 22.2 Å². The highest BCUT2D eigenvalue weighted by molar-refractivity contribution is 7.97. The van der Waals surface area contributed by atoms with E-state index in [9.17, 15) is 22.8 Å². The quantitative estimate of drug-likeness (QED) is 0.0395. The summed E-state index contributed by atoms with van der Waals surface area (Å²) in [4.78, 5) is 29.1. The van der Waals surface area contributed by atoms with Gasteiger partial charge in [-0.15, -0.1) is 0 Å². The third-order valence-electron chi connectivity index (χ3n) is 8.07. The summed E-state index contributed by atoms with van der Waals surface area (Å²) in [6, 6.07) is 25.9. The van der Waals surface area contributed by atoms with Gasteiger partial charge in [-0.2, -0.15) is 0 Å². The number of halogens is 5. The molecule has 0 saturated heterocycles. The monoisotopic (exact) mass is 734 g/mol. The number of carbonyl (C=O) groups excluding carboxylic acids is 2. The minimum absolute atomic E-state index is 0.0104. The molecular weight excluding hydrogens is 700 g/mol. The third kappa shape index (κ3) is 8.99. The van der Waals surface area contributed by atoms with Gasteiger partial charge in [0.25, 0.3) is 0 Å². The summed E-state index contributed by atoms with van der Waals surface area (Å²) in [5.74, 6) is -12.2. The maximum Gasteiger partial charge on any atom is 0.342 e. The van der Waals surface area contributed by atoms with Crippen molar-refractivity contribution in [2.45, 2.75) is 45.4 Å². The van der Waals surface area contributed by atoms with Gasteiger partial charge < -0.3 is 14.4 Å². The Kier molecular flexibility index (Phi) is 12.3. The van der Waals surface area contributed by atoms with Gasteiger partial charge in [0.2, 0.25) is 11.7 Å². The average Bonchev–Trinajstić information content (AvgIpc) is 3.13. The van der Waals surface area contributed by atoms with Crippen LogP contribution in [0.2, 0.25) is 0 Å². The molecule has 6 nitrogen and oxygen atoms in total. The van der Waals surface area contributed by atoms with E-state index in [1.54, 1.807) is 59.9 Å². The fourth-order valence-electron chi connectivity index (χ4n) is 5.55. The van der Waals surface area contributed by atoms with Crippen molar-refractivity contribution in [3.8, 4) is 5.75 Å². The first-order valence-electron chi connectivity index (χ1n) is 16.1. The van der Waals surface area contributed by atoms with Crippen LogP contribution in [0.5, 0.6) is 5.75 Å². The normalized spacial score (nSPS) is 11.1. The van der Waals surface area contributed by atoms with Crippen molar-refractivity contribution in [3.05, 3.63) is 159 Å². The van der Waals surface area contributed by atoms with Gasteiger partial charge in [0.15, 0.2) is 23.3 Å². The van der Waals surface area contributed by atoms with Crippen molar-refractivity contribution in [1.82, 2.24) is 4.31 Å². The van der Waals surface area contributed by atoms with Crippen molar-refractivity contribution in [2.75, 3.05) is 18.5 Å². The number of hydrogen-bond donors (Lipinski definition) is 0. The molecule has 0 N–H and O–H groups in total. The second-order valence-corrected chi connectivity index (χ2v) is 13.4. The van der Waals surface area contributed by atoms with E-state index in [-0.39, 0.29) is 36.8 Å². The van der Waals surface area contributed by atoms with Crippen LogP contribution in [0.3, 0.4) is 0 Å². The number of rotatable bonds is 13. The molecular formula is C40H35F5N2O4S. The molecule has 0 aliphatic heterocycles. The van der Waals surface area contributed by atoms with Crippen LogP contribution in [0.4, 0.5) is 27.6 Å². The van der Waals surface area contributed by atoms with Crippen molar-refractivity contribution < 1.29 is 41.0 Å². The Balaban J connectivity index is 1.52. The number of likely N-dealkylation sites (N-methyl/N-ethyl adjacent to an activating group) is 1. The number of amides is 1. The third-order valence-corrected chi connectivity index (χ3v) is 9.34. The number of carbonyl (C=O) groups is 2. The molecule has 0 radical (unpaired) electrons. The average molecular weight is 735 g/mol. The molecule has 0 heterocycles. The van der Waals surface area contributed by atoms with Gasteiger partial charge >= 0.3 is 5.97 Å². The van der Waals surface area contributed by atoms with Gasteiger partial charge in [-0.05, 0) is 74.2 Å². The second-order valence-electron chi connectivity index (χ2n) is 12.1. The summed E-state index contributed by atoms with van der Waals surface area (Å²) in [5, 5.41) is 0. The van der Waals surface area contributed by atoms with Crippen molar-refractivity contribution in [1.29, 1.82) is 0 Å². The Hall–Kier alpha value is -5.20. The largest absolute Gasteiger partial charge is 0.488 e. The maximum absolute atomic E-state index is 15.0. The fourth-order valence-corrected chi connectivity index (χ4v) is 6.44. The Morgan fingerprint density at radius 1 is 0.692 bits per heavy atom. The van der Waals surface area contributed by atoms with E-state index in [4.69, 9.17) is 9.47 Å². The summed E-state index contributed by atoms with van der Waals surface area (Å²) in [6.07, 6.45) is 0. The molecule has 5 aromatic rings. The zero-order valence-corrected chi connectivity index (χ0v) is 29.6. The zero-order valence-electron chi connectivity index (χ0n) is 28.8. The number of hydrogen-bond acceptors (Lipinski definition) is 6. The molecule has 0 unspecified atom stereocenters. The van der Waals surface area contributed by atoms with Crippen LogP contribution in [-0.2, 0) is 29.3 Å². The van der Waals surface area contributed by atoms with Crippen LogP contribution in [-0.4, -0.2) is 29.8 Å². The minimum Gasteiger partial charge on any atom is -0.488 e. The fraction of sp³-hybridized carbons (Fsp3) is 0.200. The Morgan fingerprint density at radius 3 is 1.81 bits per heavy atom. The molecule has 0 bridgehead atoms. The highest BCUT2D eigenvalue weighted by Gasteiger charge is 2.30. The predicted octanol–water partition coefficient (Wildman–Crippen LogP) is 9.42. The molecule has 0 saturated carbocycles. The van der Waals surface area contributed by atoms with Crippen molar-refractivity contribution in [2.24, 2.45) is 0 Å². The van der Waals surface area contributed by atoms with E-state index in [0.717, 1.165) is 37.6 Å². The van der Waals surface area contributed by atoms with Gasteiger partial charge in [-0.25, -0.2) is 31.1 Å². The van der Waals surface area contributed by atoms with Crippen LogP contribution in [0.1, 0.15) is 43.7 Å². The summed E-state index contributed by atoms with van der Waals surface area (Å²) in [7, 11) is 1.64. The number of esters is 1. The highest BCUT2D eigenvalue weighted by atomic mass is 32.2. The number of anilines is 1. The minimum atomic E-state index is -2.31. The smallest absolute Gasteiger partial charge is 0.342 e. The van der Waals surface area contributed by atoms with E-state index in [1.807, 2.05) is 45.0 Å². The standard InChI is InChI=1S/C40H35F5N2O4S/c1-24-17-25(2)39(26(3)18-24)52-46(4)21-33(48)47(20-31-34(41)36(43)38(45)37(44)35(31)42)29-15-16-30(40(49)51-23-28-13-9-6-10-14-28)32(19-29)50-22-27-11-7-5-8-12-27/h5-19H,20-23H2,1-4H3. The van der Waals surface area contributed by atoms with Crippen LogP contribution in [0.25, 0.3) is 0 Å². The molecule has 0 fully saturated rings. The molecule has 12 heteroatoms. The Labute approximate surface area is 302 Å². The van der Waals surface area contributed by atoms with Gasteiger partial charge in [0.05, 0.1) is 13.1 Å². The van der Waals surface area contributed by atoms with Crippen LogP contribution in [0, 0.1) is 49.9 Å². The molecule has 52 heavy (non-hydrogen) atoms. The van der Waals surface area contributed by atoms with Crippen LogP contribution >= 0.6 is 11.9 Å². The van der Waals surface area contributed by atoms with E-state index >= 15 is 8.78 Å². The van der Waals surface area contributed by atoms with Gasteiger partial charge in [0.1, 0.15) is 24.5 Å². The zero-order chi connectivity index (χ0) is 37.5. The van der Waals surface area contributed by atoms with Crippen molar-refractivity contribution in [3.63, 3.8) is 0 Å². The molecule has 0 aliphatic rings. The molecule has 0 aliphatic carbocycles. The summed E-state index contributed by atoms with van der Waals surface area (Å²) in [6.45, 7) is 4.39. The number of nitrogens with zero attached hydrogens (tertiary/aromatic N) is 2. The Bertz CT molecular complexity index is 2030. The SMILES string of the molecule is Cc1cc(C)c(SN(C)CC(=O)N(Cc2c(F)c(F)c(F)c(F)c2F)c2ccc(C(=O)OCc3ccccc3)c(OCc3ccccc3)c2)c(C)c1. The van der Waals surface area contributed by atoms with E-state index in [1.165, 1.54) is 30.1 Å². The lowest BCUT2D eigenvalue weighted by atomic mass is 10.1. The van der Waals surface area contributed by atoms with Crippen LogP contribution in [0.15, 0.2) is 95.9 Å². The first-order valence-corrected chi connectivity index (χ1v) is 16.9. The summed E-state index contributed by atoms with van der Waals surface area (Å²) < 4.78 is 85.9. The molecule has 1 amide bonds. The van der Waals surface area contributed by atoms with Gasteiger partial charge in [-0.1, -0.05) is 78.4 Å². The molecule has 270 valence electrons. The molecule has 0 spiro atoms. The number of aryl methyl sites for hydroxylation is 3. The first kappa shape index (κ1) is 38.0. The lowest BCUT2D eigenvalue weighted by molar-refractivity contribution is -0.118.